The molecule has 0 atom stereocenters. The molecule has 2 amide bonds. The van der Waals surface area contributed by atoms with Gasteiger partial charge in [-0.25, -0.2) is 22.0 Å². The number of rotatable bonds is 4. The highest BCUT2D eigenvalue weighted by Crippen LogP contribution is 2.27. The molecule has 2 heterocycles. The standard InChI is InChI=1S/C24H20F5N5O3S2/c1-2-33-10-13(21(35)11-7-14(25)17(9-16(11)33)34-3-5-39-6-4-34)23(37)31-32-24(38)30-22(36)12-8-15(26)19(28)20(29)18(12)27/h7-10H,2-6H2,1H3,(H,31,37)(H2,30,32,36,38). The lowest BCUT2D eigenvalue weighted by Gasteiger charge is -2.29. The molecule has 1 aliphatic rings. The third-order valence-corrected chi connectivity index (χ3v) is 7.10. The lowest BCUT2D eigenvalue weighted by atomic mass is 10.1. The molecule has 1 aromatic heterocycles. The molecule has 39 heavy (non-hydrogen) atoms. The molecule has 1 fully saturated rings. The van der Waals surface area contributed by atoms with Crippen molar-refractivity contribution in [3.05, 3.63) is 74.8 Å². The van der Waals surface area contributed by atoms with Gasteiger partial charge in [0.2, 0.25) is 5.43 Å². The first kappa shape index (κ1) is 28.3. The Balaban J connectivity index is 1.52. The van der Waals surface area contributed by atoms with E-state index in [0.717, 1.165) is 17.6 Å². The number of nitrogens with zero attached hydrogens (tertiary/aromatic N) is 2. The molecule has 0 bridgehead atoms. The Morgan fingerprint density at radius 3 is 2.28 bits per heavy atom. The molecule has 1 aliphatic heterocycles. The molecule has 4 rings (SSSR count). The number of aromatic nitrogens is 1. The number of fused-ring (bicyclic) bond motifs is 1. The summed E-state index contributed by atoms with van der Waals surface area (Å²) in [4.78, 5) is 39.9. The van der Waals surface area contributed by atoms with E-state index >= 15 is 4.39 Å². The zero-order valence-corrected chi connectivity index (χ0v) is 21.8. The van der Waals surface area contributed by atoms with Crippen LogP contribution in [0.2, 0.25) is 0 Å². The number of pyridine rings is 1. The molecule has 0 saturated carbocycles. The summed E-state index contributed by atoms with van der Waals surface area (Å²) in [5, 5.41) is 1.20. The van der Waals surface area contributed by atoms with Crippen molar-refractivity contribution in [2.75, 3.05) is 29.5 Å². The molecule has 0 radical (unpaired) electrons. The van der Waals surface area contributed by atoms with Crippen LogP contribution in [0.4, 0.5) is 27.6 Å². The maximum absolute atomic E-state index is 15.0. The van der Waals surface area contributed by atoms with Crippen molar-refractivity contribution in [1.29, 1.82) is 0 Å². The number of benzene rings is 2. The molecule has 1 saturated heterocycles. The highest BCUT2D eigenvalue weighted by atomic mass is 32.2. The number of hydrogen-bond acceptors (Lipinski definition) is 6. The predicted molar refractivity (Wildman–Crippen MR) is 140 cm³/mol. The van der Waals surface area contributed by atoms with Crippen molar-refractivity contribution in [1.82, 2.24) is 20.7 Å². The third kappa shape index (κ3) is 5.68. The predicted octanol–water partition coefficient (Wildman–Crippen LogP) is 3.22. The van der Waals surface area contributed by atoms with Gasteiger partial charge in [0, 0.05) is 42.7 Å². The van der Waals surface area contributed by atoms with Crippen LogP contribution in [-0.4, -0.2) is 46.1 Å². The average molecular weight is 586 g/mol. The molecule has 8 nitrogen and oxygen atoms in total. The van der Waals surface area contributed by atoms with Crippen LogP contribution in [-0.2, 0) is 6.54 Å². The van der Waals surface area contributed by atoms with Crippen LogP contribution in [0.15, 0.2) is 29.2 Å². The van der Waals surface area contributed by atoms with Crippen LogP contribution in [0, 0.1) is 29.1 Å². The van der Waals surface area contributed by atoms with E-state index in [9.17, 15) is 31.9 Å². The number of carbonyl (C=O) groups is 2. The number of amides is 2. The van der Waals surface area contributed by atoms with Gasteiger partial charge in [0.05, 0.1) is 16.8 Å². The minimum absolute atomic E-state index is 0.0242. The van der Waals surface area contributed by atoms with E-state index in [4.69, 9.17) is 12.2 Å². The molecule has 206 valence electrons. The highest BCUT2D eigenvalue weighted by molar-refractivity contribution is 7.99. The van der Waals surface area contributed by atoms with Gasteiger partial charge in [-0.05, 0) is 37.3 Å². The quantitative estimate of drug-likeness (QED) is 0.142. The van der Waals surface area contributed by atoms with E-state index in [1.54, 1.807) is 29.3 Å². The third-order valence-electron chi connectivity index (χ3n) is 5.95. The summed E-state index contributed by atoms with van der Waals surface area (Å²) in [6, 6.07) is 2.81. The summed E-state index contributed by atoms with van der Waals surface area (Å²) in [5.74, 6) is -9.36. The Hall–Kier alpha value is -3.72. The summed E-state index contributed by atoms with van der Waals surface area (Å²) in [6.45, 7) is 3.43. The van der Waals surface area contributed by atoms with Crippen molar-refractivity contribution >= 4 is 57.5 Å². The Morgan fingerprint density at radius 1 is 0.923 bits per heavy atom. The van der Waals surface area contributed by atoms with Gasteiger partial charge in [0.1, 0.15) is 11.4 Å². The minimum atomic E-state index is -2.19. The Kier molecular flexibility index (Phi) is 8.39. The van der Waals surface area contributed by atoms with Gasteiger partial charge < -0.3 is 9.47 Å². The fourth-order valence-corrected chi connectivity index (χ4v) is 5.04. The number of thiocarbonyl (C=S) groups is 1. The van der Waals surface area contributed by atoms with Crippen LogP contribution in [0.5, 0.6) is 0 Å². The first-order chi connectivity index (χ1) is 18.5. The molecule has 3 aromatic rings. The number of hydrogen-bond donors (Lipinski definition) is 3. The second-order valence-corrected chi connectivity index (χ2v) is 9.92. The monoisotopic (exact) mass is 585 g/mol. The summed E-state index contributed by atoms with van der Waals surface area (Å²) in [7, 11) is 0. The number of aryl methyl sites for hydroxylation is 1. The van der Waals surface area contributed by atoms with E-state index in [1.165, 1.54) is 6.20 Å². The van der Waals surface area contributed by atoms with Gasteiger partial charge in [0.15, 0.2) is 28.4 Å². The summed E-state index contributed by atoms with van der Waals surface area (Å²) in [5.41, 5.74) is 2.66. The molecule has 15 heteroatoms. The second-order valence-electron chi connectivity index (χ2n) is 8.29. The number of carbonyl (C=O) groups excluding carboxylic acids is 2. The van der Waals surface area contributed by atoms with Gasteiger partial charge in [0.25, 0.3) is 11.8 Å². The second kappa shape index (κ2) is 11.6. The molecule has 0 unspecified atom stereocenters. The number of thioether (sulfide) groups is 1. The summed E-state index contributed by atoms with van der Waals surface area (Å²) < 4.78 is 70.4. The van der Waals surface area contributed by atoms with Gasteiger partial charge in [-0.15, -0.1) is 0 Å². The first-order valence-corrected chi connectivity index (χ1v) is 13.0. The smallest absolute Gasteiger partial charge is 0.275 e. The van der Waals surface area contributed by atoms with Crippen molar-refractivity contribution in [3.8, 4) is 0 Å². The SMILES string of the molecule is CCn1cc(C(=O)NNC(=S)NC(=O)c2cc(F)c(F)c(F)c2F)c(=O)c2cc(F)c(N3CCSCC3)cc21. The first-order valence-electron chi connectivity index (χ1n) is 11.5. The zero-order valence-electron chi connectivity index (χ0n) is 20.2. The van der Waals surface area contributed by atoms with Crippen LogP contribution in [0.25, 0.3) is 10.9 Å². The normalized spacial score (nSPS) is 13.3. The van der Waals surface area contributed by atoms with Gasteiger partial charge >= 0.3 is 0 Å². The van der Waals surface area contributed by atoms with Gasteiger partial charge in [-0.2, -0.15) is 11.8 Å². The molecular formula is C24H20F5N5O3S2. The maximum Gasteiger partial charge on any atom is 0.275 e. The summed E-state index contributed by atoms with van der Waals surface area (Å²) in [6.07, 6.45) is 1.29. The Morgan fingerprint density at radius 2 is 1.62 bits per heavy atom. The number of hydrazine groups is 1. The number of nitrogens with one attached hydrogen (secondary N) is 3. The lowest BCUT2D eigenvalue weighted by Crippen LogP contribution is -2.49. The van der Waals surface area contributed by atoms with Crippen molar-refractivity contribution in [3.63, 3.8) is 0 Å². The van der Waals surface area contributed by atoms with Crippen LogP contribution >= 0.6 is 24.0 Å². The Bertz CT molecular complexity index is 1560. The van der Waals surface area contributed by atoms with Crippen molar-refractivity contribution in [2.24, 2.45) is 0 Å². The van der Waals surface area contributed by atoms with Crippen LogP contribution in [0.3, 0.4) is 0 Å². The van der Waals surface area contributed by atoms with Crippen LogP contribution in [0.1, 0.15) is 27.6 Å². The zero-order chi connectivity index (χ0) is 28.4. The van der Waals surface area contributed by atoms with Crippen LogP contribution < -0.4 is 26.5 Å². The molecule has 0 aliphatic carbocycles. The Labute approximate surface area is 227 Å². The fraction of sp³-hybridized carbons (Fsp3) is 0.250. The van der Waals surface area contributed by atoms with Crippen molar-refractivity contribution in [2.45, 2.75) is 13.5 Å². The highest BCUT2D eigenvalue weighted by Gasteiger charge is 2.24. The molecule has 2 aromatic carbocycles. The van der Waals surface area contributed by atoms with E-state index < -0.39 is 57.0 Å². The van der Waals surface area contributed by atoms with Gasteiger partial charge in [-0.1, -0.05) is 0 Å². The fourth-order valence-electron chi connectivity index (χ4n) is 3.99. The number of halogens is 5. The van der Waals surface area contributed by atoms with E-state index in [1.807, 2.05) is 10.2 Å². The van der Waals surface area contributed by atoms with Crippen molar-refractivity contribution < 1.29 is 31.5 Å². The molecule has 0 spiro atoms. The molecule has 3 N–H and O–H groups in total. The largest absolute Gasteiger partial charge is 0.367 e. The van der Waals surface area contributed by atoms with E-state index in [0.29, 0.717) is 30.8 Å². The number of anilines is 1. The van der Waals surface area contributed by atoms with E-state index in [-0.39, 0.29) is 17.0 Å². The van der Waals surface area contributed by atoms with Gasteiger partial charge in [-0.3, -0.25) is 30.6 Å². The maximum atomic E-state index is 15.0. The summed E-state index contributed by atoms with van der Waals surface area (Å²) >= 11 is 6.57. The minimum Gasteiger partial charge on any atom is -0.367 e. The average Bonchev–Trinajstić information content (AvgIpc) is 2.93. The topological polar surface area (TPSA) is 95.5 Å². The van der Waals surface area contributed by atoms with E-state index in [2.05, 4.69) is 10.9 Å². The lowest BCUT2D eigenvalue weighted by molar-refractivity contribution is 0.0932. The molecular weight excluding hydrogens is 565 g/mol.